The highest BCUT2D eigenvalue weighted by Crippen LogP contribution is 2.38. The average molecular weight is 193 g/mol. The van der Waals surface area contributed by atoms with E-state index in [1.807, 2.05) is 12.1 Å². The van der Waals surface area contributed by atoms with E-state index in [1.54, 1.807) is 6.07 Å². The first-order chi connectivity index (χ1) is 6.83. The van der Waals surface area contributed by atoms with Crippen molar-refractivity contribution in [2.75, 3.05) is 24.6 Å². The molecule has 0 fully saturated rings. The summed E-state index contributed by atoms with van der Waals surface area (Å²) in [5.41, 5.74) is 1.01. The van der Waals surface area contributed by atoms with E-state index in [-0.39, 0.29) is 5.75 Å². The van der Waals surface area contributed by atoms with Gasteiger partial charge in [0.1, 0.15) is 6.61 Å². The molecule has 3 heteroatoms. The van der Waals surface area contributed by atoms with Gasteiger partial charge in [0.05, 0.1) is 12.2 Å². The number of benzene rings is 1. The summed E-state index contributed by atoms with van der Waals surface area (Å²) in [7, 11) is 0. The Kier molecular flexibility index (Phi) is 2.48. The maximum absolute atomic E-state index is 9.59. The summed E-state index contributed by atoms with van der Waals surface area (Å²) in [6, 6.07) is 5.50. The molecule has 1 N–H and O–H groups in total. The van der Waals surface area contributed by atoms with Gasteiger partial charge in [-0.25, -0.2) is 0 Å². The molecule has 0 spiro atoms. The van der Waals surface area contributed by atoms with Gasteiger partial charge in [0.2, 0.25) is 0 Å². The van der Waals surface area contributed by atoms with Gasteiger partial charge < -0.3 is 14.7 Å². The van der Waals surface area contributed by atoms with Gasteiger partial charge in [0.15, 0.2) is 11.5 Å². The quantitative estimate of drug-likeness (QED) is 0.779. The molecule has 1 aliphatic rings. The third-order valence-electron chi connectivity index (χ3n) is 2.42. The standard InChI is InChI=1S/C11H15NO2/c1-2-6-12-7-8-14-11-9(12)4-3-5-10(11)13/h3-5,13H,2,6-8H2,1H3. The van der Waals surface area contributed by atoms with Crippen molar-refractivity contribution in [3.05, 3.63) is 18.2 Å². The largest absolute Gasteiger partial charge is 0.504 e. The van der Waals surface area contributed by atoms with Crippen molar-refractivity contribution in [3.63, 3.8) is 0 Å². The molecule has 0 bridgehead atoms. The lowest BCUT2D eigenvalue weighted by Crippen LogP contribution is -2.33. The van der Waals surface area contributed by atoms with E-state index < -0.39 is 0 Å². The molecule has 0 unspecified atom stereocenters. The molecule has 1 heterocycles. The summed E-state index contributed by atoms with van der Waals surface area (Å²) < 4.78 is 5.44. The summed E-state index contributed by atoms with van der Waals surface area (Å²) in [5, 5.41) is 9.59. The van der Waals surface area contributed by atoms with Crippen LogP contribution in [-0.4, -0.2) is 24.8 Å². The summed E-state index contributed by atoms with van der Waals surface area (Å²) in [4.78, 5) is 2.25. The highest BCUT2D eigenvalue weighted by molar-refractivity contribution is 5.65. The topological polar surface area (TPSA) is 32.7 Å². The highest BCUT2D eigenvalue weighted by Gasteiger charge is 2.19. The van der Waals surface area contributed by atoms with Crippen LogP contribution < -0.4 is 9.64 Å². The second-order valence-electron chi connectivity index (χ2n) is 3.46. The predicted octanol–water partition coefficient (Wildman–Crippen LogP) is 2.00. The summed E-state index contributed by atoms with van der Waals surface area (Å²) >= 11 is 0. The van der Waals surface area contributed by atoms with Crippen LogP contribution in [-0.2, 0) is 0 Å². The number of nitrogens with zero attached hydrogens (tertiary/aromatic N) is 1. The number of ether oxygens (including phenoxy) is 1. The monoisotopic (exact) mass is 193 g/mol. The molecule has 0 aromatic heterocycles. The number of anilines is 1. The number of phenols is 1. The lowest BCUT2D eigenvalue weighted by atomic mass is 10.2. The molecule has 0 saturated heterocycles. The van der Waals surface area contributed by atoms with Gasteiger partial charge in [0.25, 0.3) is 0 Å². The molecule has 0 aliphatic carbocycles. The third-order valence-corrected chi connectivity index (χ3v) is 2.42. The molecule has 1 aliphatic heterocycles. The molecule has 1 aromatic rings. The maximum atomic E-state index is 9.59. The fourth-order valence-electron chi connectivity index (χ4n) is 1.79. The number of hydrogen-bond acceptors (Lipinski definition) is 3. The number of aromatic hydroxyl groups is 1. The molecule has 0 saturated carbocycles. The van der Waals surface area contributed by atoms with E-state index in [2.05, 4.69) is 11.8 Å². The van der Waals surface area contributed by atoms with Crippen molar-refractivity contribution >= 4 is 5.69 Å². The van der Waals surface area contributed by atoms with Crippen LogP contribution in [0.1, 0.15) is 13.3 Å². The molecule has 76 valence electrons. The Balaban J connectivity index is 2.34. The van der Waals surface area contributed by atoms with Gasteiger partial charge in [-0.2, -0.15) is 0 Å². The second-order valence-corrected chi connectivity index (χ2v) is 3.46. The van der Waals surface area contributed by atoms with Crippen LogP contribution in [0.3, 0.4) is 0 Å². The average Bonchev–Trinajstić information content (AvgIpc) is 2.20. The Hall–Kier alpha value is -1.38. The molecule has 1 aromatic carbocycles. The van der Waals surface area contributed by atoms with E-state index >= 15 is 0 Å². The molecule has 2 rings (SSSR count). The SMILES string of the molecule is CCCN1CCOc2c(O)cccc21. The van der Waals surface area contributed by atoms with Gasteiger partial charge in [-0.15, -0.1) is 0 Å². The fourth-order valence-corrected chi connectivity index (χ4v) is 1.79. The second kappa shape index (κ2) is 3.78. The Morgan fingerprint density at radius 1 is 1.50 bits per heavy atom. The van der Waals surface area contributed by atoms with Crippen molar-refractivity contribution in [3.8, 4) is 11.5 Å². The minimum Gasteiger partial charge on any atom is -0.504 e. The Morgan fingerprint density at radius 3 is 3.14 bits per heavy atom. The van der Waals surface area contributed by atoms with E-state index in [9.17, 15) is 5.11 Å². The Morgan fingerprint density at radius 2 is 2.36 bits per heavy atom. The number of hydrogen-bond donors (Lipinski definition) is 1. The van der Waals surface area contributed by atoms with Crippen molar-refractivity contribution in [1.29, 1.82) is 0 Å². The van der Waals surface area contributed by atoms with Crippen molar-refractivity contribution < 1.29 is 9.84 Å². The zero-order chi connectivity index (χ0) is 9.97. The first-order valence-electron chi connectivity index (χ1n) is 5.02. The molecule has 0 atom stereocenters. The molecular weight excluding hydrogens is 178 g/mol. The number of phenolic OH excluding ortho intramolecular Hbond substituents is 1. The molecule has 0 amide bonds. The normalized spacial score (nSPS) is 14.8. The minimum absolute atomic E-state index is 0.239. The van der Waals surface area contributed by atoms with Crippen LogP contribution in [0.5, 0.6) is 11.5 Å². The Labute approximate surface area is 83.9 Å². The Bertz CT molecular complexity index is 325. The van der Waals surface area contributed by atoms with Gasteiger partial charge in [0, 0.05) is 6.54 Å². The third kappa shape index (κ3) is 1.50. The van der Waals surface area contributed by atoms with E-state index in [1.165, 1.54) is 0 Å². The lowest BCUT2D eigenvalue weighted by Gasteiger charge is -2.31. The van der Waals surface area contributed by atoms with Gasteiger partial charge >= 0.3 is 0 Å². The number of rotatable bonds is 2. The molecule has 0 radical (unpaired) electrons. The van der Waals surface area contributed by atoms with Gasteiger partial charge in [-0.3, -0.25) is 0 Å². The highest BCUT2D eigenvalue weighted by atomic mass is 16.5. The van der Waals surface area contributed by atoms with Crippen LogP contribution in [0.25, 0.3) is 0 Å². The first kappa shape index (κ1) is 9.19. The van der Waals surface area contributed by atoms with Gasteiger partial charge in [-0.05, 0) is 18.6 Å². The molecular formula is C11H15NO2. The van der Waals surface area contributed by atoms with Crippen molar-refractivity contribution in [1.82, 2.24) is 0 Å². The van der Waals surface area contributed by atoms with Crippen LogP contribution in [0.15, 0.2) is 18.2 Å². The van der Waals surface area contributed by atoms with Gasteiger partial charge in [-0.1, -0.05) is 13.0 Å². The predicted molar refractivity (Wildman–Crippen MR) is 56.1 cm³/mol. The number of para-hydroxylation sites is 1. The summed E-state index contributed by atoms with van der Waals surface area (Å²) in [5.74, 6) is 0.871. The molecule has 14 heavy (non-hydrogen) atoms. The number of fused-ring (bicyclic) bond motifs is 1. The van der Waals surface area contributed by atoms with Crippen LogP contribution in [0.4, 0.5) is 5.69 Å². The summed E-state index contributed by atoms with van der Waals surface area (Å²) in [6.45, 7) is 4.73. The van der Waals surface area contributed by atoms with Crippen molar-refractivity contribution in [2.45, 2.75) is 13.3 Å². The van der Waals surface area contributed by atoms with Crippen LogP contribution in [0, 0.1) is 0 Å². The van der Waals surface area contributed by atoms with Crippen LogP contribution >= 0.6 is 0 Å². The minimum atomic E-state index is 0.239. The summed E-state index contributed by atoms with van der Waals surface area (Å²) in [6.07, 6.45) is 1.11. The molecule has 3 nitrogen and oxygen atoms in total. The van der Waals surface area contributed by atoms with E-state index in [0.717, 1.165) is 25.2 Å². The fraction of sp³-hybridized carbons (Fsp3) is 0.455. The van der Waals surface area contributed by atoms with E-state index in [4.69, 9.17) is 4.74 Å². The van der Waals surface area contributed by atoms with Crippen molar-refractivity contribution in [2.24, 2.45) is 0 Å². The zero-order valence-electron chi connectivity index (χ0n) is 8.36. The first-order valence-corrected chi connectivity index (χ1v) is 5.02. The lowest BCUT2D eigenvalue weighted by molar-refractivity contribution is 0.290. The zero-order valence-corrected chi connectivity index (χ0v) is 8.36. The smallest absolute Gasteiger partial charge is 0.184 e. The van der Waals surface area contributed by atoms with Crippen LogP contribution in [0.2, 0.25) is 0 Å². The maximum Gasteiger partial charge on any atom is 0.184 e. The van der Waals surface area contributed by atoms with E-state index in [0.29, 0.717) is 12.4 Å².